The largest absolute Gasteiger partial charge is 0.474 e. The van der Waals surface area contributed by atoms with Crippen molar-refractivity contribution >= 4 is 10.9 Å². The first-order chi connectivity index (χ1) is 11.4. The van der Waals surface area contributed by atoms with Crippen LogP contribution >= 0.6 is 0 Å². The quantitative estimate of drug-likeness (QED) is 0.676. The van der Waals surface area contributed by atoms with Gasteiger partial charge in [-0.25, -0.2) is 14.4 Å². The minimum absolute atomic E-state index is 0.0563. The first-order valence-electron chi connectivity index (χ1n) is 8.02. The molecule has 1 aromatic heterocycles. The number of aromatic nitrogens is 2. The Balaban J connectivity index is 1.72. The summed E-state index contributed by atoms with van der Waals surface area (Å²) >= 11 is 0. The number of fused-ring (bicyclic) bond motifs is 1. The molecule has 2 aromatic carbocycles. The molecule has 124 valence electrons. The fraction of sp³-hybridized carbons (Fsp3) is 0.300. The summed E-state index contributed by atoms with van der Waals surface area (Å²) in [5.41, 5.74) is 2.63. The third kappa shape index (κ3) is 3.53. The van der Waals surface area contributed by atoms with Crippen molar-refractivity contribution in [3.63, 3.8) is 0 Å². The van der Waals surface area contributed by atoms with Gasteiger partial charge in [0.05, 0.1) is 10.9 Å². The topological polar surface area (TPSA) is 35.0 Å². The van der Waals surface area contributed by atoms with E-state index >= 15 is 0 Å². The van der Waals surface area contributed by atoms with Gasteiger partial charge in [-0.05, 0) is 28.7 Å². The second-order valence-electron chi connectivity index (χ2n) is 6.85. The molecular formula is C20H21FN2O. The lowest BCUT2D eigenvalue weighted by Gasteiger charge is -2.19. The Labute approximate surface area is 141 Å². The molecular weight excluding hydrogens is 302 g/mol. The monoisotopic (exact) mass is 323 g/mol. The van der Waals surface area contributed by atoms with Gasteiger partial charge in [-0.15, -0.1) is 0 Å². The highest BCUT2D eigenvalue weighted by molar-refractivity contribution is 5.82. The third-order valence-corrected chi connectivity index (χ3v) is 4.01. The molecule has 0 aliphatic rings. The normalized spacial score (nSPS) is 13.0. The molecule has 3 aromatic rings. The summed E-state index contributed by atoms with van der Waals surface area (Å²) in [6, 6.07) is 15.1. The first kappa shape index (κ1) is 16.4. The Morgan fingerprint density at radius 3 is 2.42 bits per heavy atom. The number of hydrogen-bond acceptors (Lipinski definition) is 3. The number of hydrogen-bond donors (Lipinski definition) is 0. The van der Waals surface area contributed by atoms with Crippen molar-refractivity contribution in [1.29, 1.82) is 0 Å². The van der Waals surface area contributed by atoms with E-state index in [1.165, 1.54) is 11.9 Å². The molecule has 3 rings (SSSR count). The van der Waals surface area contributed by atoms with Gasteiger partial charge < -0.3 is 4.74 Å². The molecule has 0 radical (unpaired) electrons. The predicted molar refractivity (Wildman–Crippen MR) is 94.0 cm³/mol. The van der Waals surface area contributed by atoms with Crippen LogP contribution in [0.2, 0.25) is 0 Å². The summed E-state index contributed by atoms with van der Waals surface area (Å²) in [4.78, 5) is 8.29. The summed E-state index contributed by atoms with van der Waals surface area (Å²) < 4.78 is 20.1. The maximum absolute atomic E-state index is 14.5. The zero-order valence-corrected chi connectivity index (χ0v) is 14.2. The van der Waals surface area contributed by atoms with Crippen molar-refractivity contribution < 1.29 is 9.13 Å². The van der Waals surface area contributed by atoms with E-state index in [0.717, 1.165) is 10.9 Å². The fourth-order valence-electron chi connectivity index (χ4n) is 2.54. The second-order valence-corrected chi connectivity index (χ2v) is 6.85. The van der Waals surface area contributed by atoms with Crippen LogP contribution in [0.15, 0.2) is 54.9 Å². The lowest BCUT2D eigenvalue weighted by atomic mass is 9.86. The van der Waals surface area contributed by atoms with Crippen molar-refractivity contribution in [2.75, 3.05) is 6.61 Å². The van der Waals surface area contributed by atoms with E-state index in [9.17, 15) is 4.39 Å². The van der Waals surface area contributed by atoms with Crippen molar-refractivity contribution in [1.82, 2.24) is 9.97 Å². The maximum Gasteiger partial charge on any atom is 0.224 e. The highest BCUT2D eigenvalue weighted by Gasteiger charge is 2.16. The van der Waals surface area contributed by atoms with Crippen molar-refractivity contribution in [3.05, 3.63) is 66.0 Å². The molecule has 4 heteroatoms. The van der Waals surface area contributed by atoms with Gasteiger partial charge >= 0.3 is 0 Å². The summed E-state index contributed by atoms with van der Waals surface area (Å²) in [6.07, 6.45) is 0.232. The zero-order valence-electron chi connectivity index (χ0n) is 14.2. The molecule has 0 amide bonds. The van der Waals surface area contributed by atoms with Crippen LogP contribution < -0.4 is 4.74 Å². The predicted octanol–water partition coefficient (Wildman–Crippen LogP) is 5.02. The molecule has 1 atom stereocenters. The molecule has 1 heterocycles. The average molecular weight is 323 g/mol. The van der Waals surface area contributed by atoms with Crippen LogP contribution in [-0.4, -0.2) is 16.6 Å². The minimum atomic E-state index is -1.20. The van der Waals surface area contributed by atoms with Gasteiger partial charge in [-0.2, -0.15) is 0 Å². The number of ether oxygens (including phenoxy) is 1. The molecule has 0 N–H and O–H groups in total. The Morgan fingerprint density at radius 1 is 1.00 bits per heavy atom. The van der Waals surface area contributed by atoms with Gasteiger partial charge in [0, 0.05) is 0 Å². The van der Waals surface area contributed by atoms with Gasteiger partial charge in [0.2, 0.25) is 5.88 Å². The van der Waals surface area contributed by atoms with Crippen molar-refractivity contribution in [2.45, 2.75) is 32.4 Å². The molecule has 0 spiro atoms. The Kier molecular flexibility index (Phi) is 4.47. The molecule has 0 fully saturated rings. The van der Waals surface area contributed by atoms with E-state index in [2.05, 4.69) is 30.7 Å². The van der Waals surface area contributed by atoms with Gasteiger partial charge in [0.1, 0.15) is 12.9 Å². The van der Waals surface area contributed by atoms with E-state index in [-0.39, 0.29) is 12.0 Å². The van der Waals surface area contributed by atoms with E-state index < -0.39 is 6.17 Å². The van der Waals surface area contributed by atoms with Gasteiger partial charge in [-0.3, -0.25) is 0 Å². The Morgan fingerprint density at radius 2 is 1.71 bits per heavy atom. The summed E-state index contributed by atoms with van der Waals surface area (Å²) in [6.45, 7) is 6.34. The second kappa shape index (κ2) is 6.56. The van der Waals surface area contributed by atoms with Gasteiger partial charge in [0.15, 0.2) is 6.17 Å². The fourth-order valence-corrected chi connectivity index (χ4v) is 2.54. The number of halogens is 1. The molecule has 0 aliphatic carbocycles. The zero-order chi connectivity index (χ0) is 17.2. The number of rotatable bonds is 4. The van der Waals surface area contributed by atoms with Gasteiger partial charge in [0.25, 0.3) is 0 Å². The maximum atomic E-state index is 14.5. The van der Waals surface area contributed by atoms with E-state index in [0.29, 0.717) is 11.4 Å². The van der Waals surface area contributed by atoms with E-state index in [4.69, 9.17) is 4.74 Å². The van der Waals surface area contributed by atoms with Crippen LogP contribution in [0.4, 0.5) is 4.39 Å². The minimum Gasteiger partial charge on any atom is -0.474 e. The number of alkyl halides is 1. The number of benzene rings is 2. The molecule has 0 aliphatic heterocycles. The lowest BCUT2D eigenvalue weighted by molar-refractivity contribution is 0.194. The van der Waals surface area contributed by atoms with E-state index in [1.807, 2.05) is 48.5 Å². The van der Waals surface area contributed by atoms with Crippen LogP contribution in [0.3, 0.4) is 0 Å². The van der Waals surface area contributed by atoms with Crippen molar-refractivity contribution in [3.8, 4) is 5.88 Å². The molecule has 3 nitrogen and oxygen atoms in total. The highest BCUT2D eigenvalue weighted by atomic mass is 18.2. The SMILES string of the molecule is CC(C)(C)c1ccc(C([18F])COc2ncnc3ccccc23)cc1. The van der Waals surface area contributed by atoms with Crippen molar-refractivity contribution in [2.24, 2.45) is 0 Å². The van der Waals surface area contributed by atoms with Crippen LogP contribution in [0.5, 0.6) is 5.88 Å². The third-order valence-electron chi connectivity index (χ3n) is 4.01. The van der Waals surface area contributed by atoms with Crippen LogP contribution in [0.25, 0.3) is 10.9 Å². The van der Waals surface area contributed by atoms with Crippen LogP contribution in [-0.2, 0) is 5.41 Å². The van der Waals surface area contributed by atoms with Crippen LogP contribution in [0.1, 0.15) is 38.1 Å². The van der Waals surface area contributed by atoms with Crippen LogP contribution in [0, 0.1) is 0 Å². The average Bonchev–Trinajstić information content (AvgIpc) is 2.59. The number of para-hydroxylation sites is 1. The van der Waals surface area contributed by atoms with E-state index in [1.54, 1.807) is 0 Å². The highest BCUT2D eigenvalue weighted by Crippen LogP contribution is 2.26. The Bertz CT molecular complexity index is 820. The molecule has 0 bridgehead atoms. The summed E-state index contributed by atoms with van der Waals surface area (Å²) in [5, 5.41) is 0.787. The van der Waals surface area contributed by atoms with Gasteiger partial charge in [-0.1, -0.05) is 57.2 Å². The molecule has 0 saturated carbocycles. The molecule has 0 saturated heterocycles. The molecule has 1 unspecified atom stereocenters. The molecule has 24 heavy (non-hydrogen) atoms. The lowest BCUT2D eigenvalue weighted by Crippen LogP contribution is -2.12. The Hall–Kier alpha value is -2.49. The standard InChI is InChI=1S/C20H21FN2O/c1-20(2,3)15-10-8-14(9-11-15)17(21)12-24-19-16-6-4-5-7-18(16)22-13-23-19/h4-11,13,17H,12H2,1-3H3/i21-1. The smallest absolute Gasteiger partial charge is 0.224 e. The summed E-state index contributed by atoms with van der Waals surface area (Å²) in [7, 11) is 0. The first-order valence-corrected chi connectivity index (χ1v) is 8.02. The summed E-state index contributed by atoms with van der Waals surface area (Å²) in [5.74, 6) is 0.412. The number of nitrogens with zero attached hydrogens (tertiary/aromatic N) is 2.